The molecule has 0 spiro atoms. The van der Waals surface area contributed by atoms with Crippen molar-refractivity contribution in [1.82, 2.24) is 4.90 Å². The van der Waals surface area contributed by atoms with Crippen LogP contribution in [0.1, 0.15) is 0 Å². The first-order chi connectivity index (χ1) is 6.76. The van der Waals surface area contributed by atoms with Gasteiger partial charge in [0, 0.05) is 55.7 Å². The van der Waals surface area contributed by atoms with Crippen LogP contribution in [-0.2, 0) is 0 Å². The summed E-state index contributed by atoms with van der Waals surface area (Å²) in [6.45, 7) is 2.23. The average Bonchev–Trinajstić information content (AvgIpc) is 2.20. The van der Waals surface area contributed by atoms with Crippen LogP contribution < -0.4 is 5.73 Å². The number of rotatable bonds is 7. The van der Waals surface area contributed by atoms with Crippen LogP contribution in [0, 0.1) is 0 Å². The van der Waals surface area contributed by atoms with Gasteiger partial charge in [0.2, 0.25) is 0 Å². The second-order valence-corrected chi connectivity index (χ2v) is 2.52. The third-order valence-electron chi connectivity index (χ3n) is 1.38. The summed E-state index contributed by atoms with van der Waals surface area (Å²) in [5.74, 6) is 0. The standard InChI is InChI=1S/C6H15NO3.C2H7NO.Na/c8-4-1-7(2-5-9)3-6-10;3-1-2-4;/h8-10H,1-6H2;4H,1-3H2;. The molecule has 0 heterocycles. The molecule has 0 saturated carbocycles. The Morgan fingerprint density at radius 1 is 0.733 bits per heavy atom. The first-order valence-corrected chi connectivity index (χ1v) is 4.62. The molecule has 15 heavy (non-hydrogen) atoms. The Kier molecular flexibility index (Phi) is 28.4. The van der Waals surface area contributed by atoms with Crippen LogP contribution >= 0.6 is 0 Å². The van der Waals surface area contributed by atoms with Crippen LogP contribution in [0.15, 0.2) is 0 Å². The summed E-state index contributed by atoms with van der Waals surface area (Å²) in [4.78, 5) is 1.79. The maximum absolute atomic E-state index is 8.48. The number of hydrogen-bond acceptors (Lipinski definition) is 6. The fourth-order valence-corrected chi connectivity index (χ4v) is 0.760. The molecule has 7 heteroatoms. The van der Waals surface area contributed by atoms with Gasteiger partial charge in [-0.25, -0.2) is 0 Å². The molecule has 6 nitrogen and oxygen atoms in total. The van der Waals surface area contributed by atoms with Crippen LogP contribution in [0.2, 0.25) is 0 Å². The first kappa shape index (κ1) is 21.1. The van der Waals surface area contributed by atoms with Gasteiger partial charge in [0.05, 0.1) is 26.4 Å². The van der Waals surface area contributed by atoms with E-state index in [1.54, 1.807) is 4.90 Å². The molecule has 0 aromatic heterocycles. The molecule has 0 aromatic rings. The molecule has 1 radical (unpaired) electrons. The van der Waals surface area contributed by atoms with E-state index in [0.717, 1.165) is 0 Å². The van der Waals surface area contributed by atoms with Crippen molar-refractivity contribution in [3.8, 4) is 0 Å². The maximum Gasteiger partial charge on any atom is 0.0558 e. The summed E-state index contributed by atoms with van der Waals surface area (Å²) in [6, 6.07) is 0. The Hall–Kier alpha value is 0.760. The Bertz CT molecular complexity index is 84.4. The SMILES string of the molecule is NCCO.OCCN(CCO)CCO.[Na]. The molecule has 0 amide bonds. The van der Waals surface area contributed by atoms with Gasteiger partial charge >= 0.3 is 0 Å². The van der Waals surface area contributed by atoms with Crippen molar-refractivity contribution in [1.29, 1.82) is 0 Å². The minimum atomic E-state index is 0. The summed E-state index contributed by atoms with van der Waals surface area (Å²) in [5.41, 5.74) is 4.78. The van der Waals surface area contributed by atoms with E-state index >= 15 is 0 Å². The Morgan fingerprint density at radius 3 is 1.13 bits per heavy atom. The molecule has 0 aliphatic carbocycles. The molecule has 0 aliphatic rings. The first-order valence-electron chi connectivity index (χ1n) is 4.62. The van der Waals surface area contributed by atoms with Crippen LogP contribution in [0.4, 0.5) is 0 Å². The summed E-state index contributed by atoms with van der Waals surface area (Å²) >= 11 is 0. The predicted octanol–water partition coefficient (Wildman–Crippen LogP) is -3.18. The summed E-state index contributed by atoms with van der Waals surface area (Å²) < 4.78 is 0. The van der Waals surface area contributed by atoms with E-state index in [4.69, 9.17) is 26.2 Å². The van der Waals surface area contributed by atoms with Crippen molar-refractivity contribution in [3.05, 3.63) is 0 Å². The molecule has 0 aromatic carbocycles. The fraction of sp³-hybridized carbons (Fsp3) is 1.00. The van der Waals surface area contributed by atoms with Gasteiger partial charge < -0.3 is 26.2 Å². The molecular formula is C8H22N2NaO4. The van der Waals surface area contributed by atoms with E-state index in [1.165, 1.54) is 0 Å². The number of nitrogens with two attached hydrogens (primary N) is 1. The van der Waals surface area contributed by atoms with Gasteiger partial charge in [0.15, 0.2) is 0 Å². The fourth-order valence-electron chi connectivity index (χ4n) is 0.760. The Morgan fingerprint density at radius 2 is 1.00 bits per heavy atom. The van der Waals surface area contributed by atoms with Gasteiger partial charge in [-0.2, -0.15) is 0 Å². The average molecular weight is 233 g/mol. The summed E-state index contributed by atoms with van der Waals surface area (Å²) in [6.07, 6.45) is 0. The molecule has 0 bridgehead atoms. The molecule has 0 aliphatic heterocycles. The zero-order chi connectivity index (χ0) is 11.2. The molecule has 0 unspecified atom stereocenters. The Labute approximate surface area is 113 Å². The second-order valence-electron chi connectivity index (χ2n) is 2.52. The van der Waals surface area contributed by atoms with E-state index in [-0.39, 0.29) is 56.0 Å². The summed E-state index contributed by atoms with van der Waals surface area (Å²) in [7, 11) is 0. The van der Waals surface area contributed by atoms with E-state index in [2.05, 4.69) is 0 Å². The molecule has 0 fully saturated rings. The van der Waals surface area contributed by atoms with Crippen molar-refractivity contribution in [2.75, 3.05) is 52.6 Å². The predicted molar refractivity (Wildman–Crippen MR) is 59.6 cm³/mol. The molecule has 0 rings (SSSR count). The van der Waals surface area contributed by atoms with Gasteiger partial charge in [-0.3, -0.25) is 4.90 Å². The quantitative estimate of drug-likeness (QED) is 0.297. The normalized spacial score (nSPS) is 9.20. The Balaban J connectivity index is -0.000000249. The van der Waals surface area contributed by atoms with Crippen LogP contribution in [-0.4, -0.2) is 107 Å². The largest absolute Gasteiger partial charge is 0.395 e. The third-order valence-corrected chi connectivity index (χ3v) is 1.38. The second kappa shape index (κ2) is 20.2. The molecule has 0 atom stereocenters. The van der Waals surface area contributed by atoms with Crippen LogP contribution in [0.25, 0.3) is 0 Å². The molecular weight excluding hydrogens is 211 g/mol. The summed E-state index contributed by atoms with van der Waals surface area (Å²) in [5, 5.41) is 33.2. The van der Waals surface area contributed by atoms with Crippen LogP contribution in [0.5, 0.6) is 0 Å². The van der Waals surface area contributed by atoms with Crippen LogP contribution in [0.3, 0.4) is 0 Å². The number of aliphatic hydroxyl groups is 4. The minimum Gasteiger partial charge on any atom is -0.395 e. The third kappa shape index (κ3) is 20.8. The van der Waals surface area contributed by atoms with Gasteiger partial charge in [-0.05, 0) is 0 Å². The monoisotopic (exact) mass is 233 g/mol. The van der Waals surface area contributed by atoms with Gasteiger partial charge in [-0.1, -0.05) is 0 Å². The molecule has 6 N–H and O–H groups in total. The van der Waals surface area contributed by atoms with Crippen molar-refractivity contribution in [2.45, 2.75) is 0 Å². The minimum absolute atomic E-state index is 0. The van der Waals surface area contributed by atoms with E-state index in [0.29, 0.717) is 26.2 Å². The topological polar surface area (TPSA) is 110 Å². The maximum atomic E-state index is 8.48. The van der Waals surface area contributed by atoms with E-state index in [9.17, 15) is 0 Å². The van der Waals surface area contributed by atoms with Crippen molar-refractivity contribution in [3.63, 3.8) is 0 Å². The van der Waals surface area contributed by atoms with Gasteiger partial charge in [0.1, 0.15) is 0 Å². The zero-order valence-corrected chi connectivity index (χ0v) is 11.5. The zero-order valence-electron chi connectivity index (χ0n) is 9.47. The number of nitrogens with zero attached hydrogens (tertiary/aromatic N) is 1. The smallest absolute Gasteiger partial charge is 0.0558 e. The van der Waals surface area contributed by atoms with Crippen molar-refractivity contribution in [2.24, 2.45) is 5.73 Å². The van der Waals surface area contributed by atoms with Gasteiger partial charge in [0.25, 0.3) is 0 Å². The molecule has 89 valence electrons. The number of aliphatic hydroxyl groups excluding tert-OH is 4. The van der Waals surface area contributed by atoms with Crippen molar-refractivity contribution < 1.29 is 20.4 Å². The van der Waals surface area contributed by atoms with Gasteiger partial charge in [-0.15, -0.1) is 0 Å². The van der Waals surface area contributed by atoms with E-state index in [1.807, 2.05) is 0 Å². The molecule has 0 saturated heterocycles. The van der Waals surface area contributed by atoms with Crippen molar-refractivity contribution >= 4 is 29.6 Å². The number of hydrogen-bond donors (Lipinski definition) is 5. The van der Waals surface area contributed by atoms with E-state index < -0.39 is 0 Å².